The zero-order valence-corrected chi connectivity index (χ0v) is 19.7. The van der Waals surface area contributed by atoms with Crippen molar-refractivity contribution in [1.82, 2.24) is 24.7 Å². The number of hydrogen-bond acceptors (Lipinski definition) is 7. The minimum atomic E-state index is -0.119. The van der Waals surface area contributed by atoms with E-state index in [2.05, 4.69) is 15.2 Å². The summed E-state index contributed by atoms with van der Waals surface area (Å²) in [5.41, 5.74) is 1.64. The lowest BCUT2D eigenvalue weighted by Crippen LogP contribution is -2.12. The van der Waals surface area contributed by atoms with E-state index in [4.69, 9.17) is 16.6 Å². The molecular formula is C21H16ClN5OS3. The van der Waals surface area contributed by atoms with E-state index in [9.17, 15) is 4.79 Å². The number of fused-ring (bicyclic) bond motifs is 1. The average molecular weight is 486 g/mol. The van der Waals surface area contributed by atoms with E-state index in [1.165, 1.54) is 23.1 Å². The first-order valence-corrected chi connectivity index (χ1v) is 12.4. The van der Waals surface area contributed by atoms with Gasteiger partial charge in [0, 0.05) is 28.4 Å². The molecule has 1 N–H and O–H groups in total. The normalized spacial score (nSPS) is 12.5. The van der Waals surface area contributed by atoms with E-state index in [1.54, 1.807) is 11.3 Å². The highest BCUT2D eigenvalue weighted by Gasteiger charge is 2.20. The van der Waals surface area contributed by atoms with Crippen LogP contribution in [0.4, 0.5) is 0 Å². The highest BCUT2D eigenvalue weighted by atomic mass is 35.5. The highest BCUT2D eigenvalue weighted by molar-refractivity contribution is 7.99. The quantitative estimate of drug-likeness (QED) is 0.308. The van der Waals surface area contributed by atoms with E-state index < -0.39 is 0 Å². The van der Waals surface area contributed by atoms with Crippen LogP contribution in [-0.2, 0) is 7.05 Å². The van der Waals surface area contributed by atoms with Gasteiger partial charge in [0.2, 0.25) is 0 Å². The summed E-state index contributed by atoms with van der Waals surface area (Å²) < 4.78 is 1.90. The predicted octanol–water partition coefficient (Wildman–Crippen LogP) is 6.02. The van der Waals surface area contributed by atoms with Gasteiger partial charge in [-0.2, -0.15) is 0 Å². The molecule has 0 spiro atoms. The van der Waals surface area contributed by atoms with Gasteiger partial charge in [-0.05, 0) is 30.5 Å². The monoisotopic (exact) mass is 485 g/mol. The number of aromatic nitrogens is 5. The number of halogens is 1. The Bertz CT molecular complexity index is 1440. The molecule has 10 heteroatoms. The minimum Gasteiger partial charge on any atom is -0.309 e. The lowest BCUT2D eigenvalue weighted by molar-refractivity contribution is 0.786. The molecule has 1 atom stereocenters. The molecule has 0 saturated carbocycles. The van der Waals surface area contributed by atoms with Crippen LogP contribution in [-0.4, -0.2) is 24.7 Å². The van der Waals surface area contributed by atoms with Crippen molar-refractivity contribution in [2.24, 2.45) is 7.05 Å². The number of thiophene rings is 2. The molecule has 0 aliphatic rings. The smallest absolute Gasteiger partial charge is 0.260 e. The van der Waals surface area contributed by atoms with Gasteiger partial charge >= 0.3 is 0 Å². The second-order valence-corrected chi connectivity index (χ2v) is 10.4. The standard InChI is InChI=1S/C21H16ClN5OS3/c1-11(31-21-26-25-18(27(21)2)12-6-3-4-7-14(12)22)17-23-19(28)16-13(10-30-20(16)24-17)15-8-5-9-29-15/h3-11H,1-2H3,(H,23,24,28). The Morgan fingerprint density at radius 3 is 2.74 bits per heavy atom. The van der Waals surface area contributed by atoms with Crippen molar-refractivity contribution >= 4 is 56.3 Å². The molecule has 31 heavy (non-hydrogen) atoms. The van der Waals surface area contributed by atoms with Gasteiger partial charge in [-0.15, -0.1) is 32.9 Å². The lowest BCUT2D eigenvalue weighted by atomic mass is 10.2. The molecule has 4 heterocycles. The molecule has 0 saturated heterocycles. The SMILES string of the molecule is CC(Sc1nnc(-c2ccccc2Cl)n1C)c1nc2scc(-c3cccs3)c2c(=O)[nH]1. The molecule has 0 aliphatic heterocycles. The van der Waals surface area contributed by atoms with Crippen LogP contribution in [0.5, 0.6) is 0 Å². The highest BCUT2D eigenvalue weighted by Crippen LogP contribution is 2.37. The zero-order chi connectivity index (χ0) is 21.5. The Balaban J connectivity index is 1.46. The maximum atomic E-state index is 12.9. The van der Waals surface area contributed by atoms with Crippen molar-refractivity contribution in [2.75, 3.05) is 0 Å². The summed E-state index contributed by atoms with van der Waals surface area (Å²) in [6, 6.07) is 11.5. The minimum absolute atomic E-state index is 0.119. The summed E-state index contributed by atoms with van der Waals surface area (Å²) in [7, 11) is 1.90. The van der Waals surface area contributed by atoms with Gasteiger partial charge in [-0.1, -0.05) is 41.6 Å². The van der Waals surface area contributed by atoms with Crippen molar-refractivity contribution < 1.29 is 0 Å². The molecule has 0 amide bonds. The van der Waals surface area contributed by atoms with E-state index in [1.807, 2.05) is 65.7 Å². The molecule has 0 radical (unpaired) electrons. The summed E-state index contributed by atoms with van der Waals surface area (Å²) in [6.07, 6.45) is 0. The van der Waals surface area contributed by atoms with Crippen LogP contribution in [0.3, 0.4) is 0 Å². The fraction of sp³-hybridized carbons (Fsp3) is 0.143. The molecule has 0 aliphatic carbocycles. The van der Waals surface area contributed by atoms with Gasteiger partial charge < -0.3 is 9.55 Å². The summed E-state index contributed by atoms with van der Waals surface area (Å²) in [5, 5.41) is 14.5. The number of rotatable bonds is 5. The van der Waals surface area contributed by atoms with Gasteiger partial charge in [-0.25, -0.2) is 4.98 Å². The van der Waals surface area contributed by atoms with Crippen molar-refractivity contribution in [3.05, 3.63) is 68.4 Å². The first-order valence-electron chi connectivity index (χ1n) is 9.39. The number of nitrogens with zero attached hydrogens (tertiary/aromatic N) is 4. The molecule has 6 nitrogen and oxygen atoms in total. The molecule has 5 aromatic rings. The van der Waals surface area contributed by atoms with Crippen molar-refractivity contribution in [3.8, 4) is 21.8 Å². The summed E-state index contributed by atoms with van der Waals surface area (Å²) in [6.45, 7) is 1.99. The third kappa shape index (κ3) is 3.71. The van der Waals surface area contributed by atoms with Crippen LogP contribution in [0.1, 0.15) is 18.0 Å². The lowest BCUT2D eigenvalue weighted by Gasteiger charge is -2.10. The third-order valence-corrected chi connectivity index (χ3v) is 8.11. The Hall–Kier alpha value is -2.46. The third-order valence-electron chi connectivity index (χ3n) is 4.87. The topological polar surface area (TPSA) is 76.5 Å². The number of benzene rings is 1. The largest absolute Gasteiger partial charge is 0.309 e. The van der Waals surface area contributed by atoms with Crippen LogP contribution in [0, 0.1) is 0 Å². The molecule has 156 valence electrons. The van der Waals surface area contributed by atoms with Gasteiger partial charge in [0.15, 0.2) is 11.0 Å². The van der Waals surface area contributed by atoms with E-state index in [0.29, 0.717) is 22.1 Å². The first-order chi connectivity index (χ1) is 15.0. The molecule has 0 fully saturated rings. The predicted molar refractivity (Wildman–Crippen MR) is 129 cm³/mol. The maximum absolute atomic E-state index is 12.9. The van der Waals surface area contributed by atoms with Gasteiger partial charge in [0.05, 0.1) is 15.7 Å². The van der Waals surface area contributed by atoms with Crippen LogP contribution in [0.25, 0.3) is 32.0 Å². The van der Waals surface area contributed by atoms with Crippen LogP contribution in [0.15, 0.2) is 57.1 Å². The fourth-order valence-corrected chi connectivity index (χ4v) is 6.14. The van der Waals surface area contributed by atoms with Crippen LogP contribution in [0.2, 0.25) is 5.02 Å². The number of H-pyrrole nitrogens is 1. The Labute approximate surface area is 195 Å². The first kappa shape index (κ1) is 20.4. The molecule has 1 aromatic carbocycles. The molecular weight excluding hydrogens is 470 g/mol. The molecule has 1 unspecified atom stereocenters. The summed E-state index contributed by atoms with van der Waals surface area (Å²) >= 11 is 10.9. The van der Waals surface area contributed by atoms with Crippen molar-refractivity contribution in [3.63, 3.8) is 0 Å². The second kappa shape index (κ2) is 8.23. The molecule has 0 bridgehead atoms. The van der Waals surface area contributed by atoms with Crippen molar-refractivity contribution in [1.29, 1.82) is 0 Å². The number of nitrogens with one attached hydrogen (secondary N) is 1. The number of thioether (sulfide) groups is 1. The molecule has 4 aromatic heterocycles. The van der Waals surface area contributed by atoms with E-state index >= 15 is 0 Å². The summed E-state index contributed by atoms with van der Waals surface area (Å²) in [5.74, 6) is 1.31. The maximum Gasteiger partial charge on any atom is 0.260 e. The second-order valence-electron chi connectivity index (χ2n) is 6.86. The fourth-order valence-electron chi connectivity index (χ4n) is 3.28. The average Bonchev–Trinajstić information content (AvgIpc) is 3.49. The van der Waals surface area contributed by atoms with E-state index in [-0.39, 0.29) is 10.8 Å². The van der Waals surface area contributed by atoms with Crippen LogP contribution < -0.4 is 5.56 Å². The Kier molecular flexibility index (Phi) is 5.43. The van der Waals surface area contributed by atoms with Gasteiger partial charge in [0.25, 0.3) is 5.56 Å². The van der Waals surface area contributed by atoms with Crippen LogP contribution >= 0.6 is 46.0 Å². The van der Waals surface area contributed by atoms with Gasteiger partial charge in [0.1, 0.15) is 10.7 Å². The van der Waals surface area contributed by atoms with Gasteiger partial charge in [-0.3, -0.25) is 4.79 Å². The Morgan fingerprint density at radius 2 is 1.97 bits per heavy atom. The van der Waals surface area contributed by atoms with E-state index in [0.717, 1.165) is 26.0 Å². The Morgan fingerprint density at radius 1 is 1.13 bits per heavy atom. The summed E-state index contributed by atoms with van der Waals surface area (Å²) in [4.78, 5) is 22.4. The number of aromatic amines is 1. The zero-order valence-electron chi connectivity index (χ0n) is 16.5. The molecule has 5 rings (SSSR count). The van der Waals surface area contributed by atoms with Crippen molar-refractivity contribution in [2.45, 2.75) is 17.3 Å². The number of hydrogen-bond donors (Lipinski definition) is 1.